The van der Waals surface area contributed by atoms with Gasteiger partial charge in [0.25, 0.3) is 0 Å². The van der Waals surface area contributed by atoms with Gasteiger partial charge in [0.1, 0.15) is 6.23 Å². The van der Waals surface area contributed by atoms with Crippen LogP contribution in [0.1, 0.15) is 26.7 Å². The summed E-state index contributed by atoms with van der Waals surface area (Å²) in [6.45, 7) is 7.96. The molecule has 0 fully saturated rings. The Balaban J connectivity index is 3.51. The van der Waals surface area contributed by atoms with Crippen LogP contribution in [0.15, 0.2) is 12.2 Å². The summed E-state index contributed by atoms with van der Waals surface area (Å²) >= 11 is 0. The maximum atomic E-state index is 5.65. The maximum Gasteiger partial charge on any atom is 0.107 e. The second-order valence-corrected chi connectivity index (χ2v) is 3.17. The molecule has 0 aliphatic heterocycles. The molecule has 2 heteroatoms. The van der Waals surface area contributed by atoms with Gasteiger partial charge in [0, 0.05) is 7.11 Å². The highest BCUT2D eigenvalue weighted by Crippen LogP contribution is 2.12. The molecule has 0 heterocycles. The van der Waals surface area contributed by atoms with Gasteiger partial charge in [-0.25, -0.2) is 0 Å². The third-order valence-electron chi connectivity index (χ3n) is 1.86. The zero-order chi connectivity index (χ0) is 8.85. The number of rotatable bonds is 5. The van der Waals surface area contributed by atoms with Crippen molar-refractivity contribution >= 4 is 0 Å². The van der Waals surface area contributed by atoms with Crippen molar-refractivity contribution < 1.29 is 4.74 Å². The lowest BCUT2D eigenvalue weighted by Crippen LogP contribution is -2.29. The minimum Gasteiger partial charge on any atom is -0.367 e. The lowest BCUT2D eigenvalue weighted by Gasteiger charge is -2.17. The van der Waals surface area contributed by atoms with Crippen LogP contribution >= 0.6 is 0 Å². The molecule has 2 atom stereocenters. The molecule has 0 amide bonds. The molecule has 0 spiro atoms. The molecule has 0 aromatic heterocycles. The van der Waals surface area contributed by atoms with Crippen LogP contribution in [0.5, 0.6) is 0 Å². The fourth-order valence-electron chi connectivity index (χ4n) is 0.871. The maximum absolute atomic E-state index is 5.65. The molecule has 0 rings (SSSR count). The fourth-order valence-corrected chi connectivity index (χ4v) is 0.871. The first-order valence-electron chi connectivity index (χ1n) is 4.00. The average molecular weight is 157 g/mol. The number of hydrogen-bond donors (Lipinski definition) is 1. The molecule has 66 valence electrons. The van der Waals surface area contributed by atoms with E-state index in [1.165, 1.54) is 5.57 Å². The van der Waals surface area contributed by atoms with Crippen molar-refractivity contribution in [3.63, 3.8) is 0 Å². The van der Waals surface area contributed by atoms with Gasteiger partial charge in [0.05, 0.1) is 0 Å². The van der Waals surface area contributed by atoms with Gasteiger partial charge in [0.15, 0.2) is 0 Å². The molecule has 0 radical (unpaired) electrons. The van der Waals surface area contributed by atoms with E-state index in [9.17, 15) is 0 Å². The zero-order valence-electron chi connectivity index (χ0n) is 7.76. The minimum atomic E-state index is -0.130. The molecule has 0 saturated heterocycles. The molecular weight excluding hydrogens is 138 g/mol. The van der Waals surface area contributed by atoms with Gasteiger partial charge >= 0.3 is 0 Å². The highest BCUT2D eigenvalue weighted by molar-refractivity contribution is 4.88. The van der Waals surface area contributed by atoms with E-state index in [4.69, 9.17) is 10.5 Å². The molecule has 11 heavy (non-hydrogen) atoms. The second kappa shape index (κ2) is 5.33. The number of allylic oxidation sites excluding steroid dienone is 1. The number of ether oxygens (including phenoxy) is 1. The van der Waals surface area contributed by atoms with Gasteiger partial charge in [-0.3, -0.25) is 0 Å². The number of hydrogen-bond acceptors (Lipinski definition) is 2. The Bertz CT molecular complexity index is 123. The Morgan fingerprint density at radius 3 is 2.55 bits per heavy atom. The van der Waals surface area contributed by atoms with E-state index >= 15 is 0 Å². The Hall–Kier alpha value is -0.340. The van der Waals surface area contributed by atoms with Crippen LogP contribution in [0.25, 0.3) is 0 Å². The first kappa shape index (κ1) is 10.7. The van der Waals surface area contributed by atoms with Crippen LogP contribution in [0.3, 0.4) is 0 Å². The molecular formula is C9H19NO. The van der Waals surface area contributed by atoms with Gasteiger partial charge in [-0.05, 0) is 25.7 Å². The van der Waals surface area contributed by atoms with Gasteiger partial charge in [0.2, 0.25) is 0 Å². The third-order valence-corrected chi connectivity index (χ3v) is 1.86. The summed E-state index contributed by atoms with van der Waals surface area (Å²) in [6.07, 6.45) is 1.97. The molecule has 0 saturated carbocycles. The van der Waals surface area contributed by atoms with E-state index in [1.807, 2.05) is 6.92 Å². The summed E-state index contributed by atoms with van der Waals surface area (Å²) in [5.41, 5.74) is 6.86. The van der Waals surface area contributed by atoms with Crippen molar-refractivity contribution in [2.24, 2.45) is 11.7 Å². The van der Waals surface area contributed by atoms with E-state index in [-0.39, 0.29) is 6.23 Å². The highest BCUT2D eigenvalue weighted by Gasteiger charge is 2.10. The first-order chi connectivity index (χ1) is 5.07. The molecule has 0 bridgehead atoms. The van der Waals surface area contributed by atoms with E-state index in [0.717, 1.165) is 12.8 Å². The normalized spacial score (nSPS) is 16.0. The van der Waals surface area contributed by atoms with Crippen molar-refractivity contribution in [3.8, 4) is 0 Å². The van der Waals surface area contributed by atoms with E-state index in [2.05, 4.69) is 13.5 Å². The monoisotopic (exact) mass is 157 g/mol. The number of nitrogens with two attached hydrogens (primary N) is 1. The zero-order valence-corrected chi connectivity index (χ0v) is 7.76. The van der Waals surface area contributed by atoms with E-state index < -0.39 is 0 Å². The predicted molar refractivity (Wildman–Crippen MR) is 48.2 cm³/mol. The topological polar surface area (TPSA) is 35.2 Å². The van der Waals surface area contributed by atoms with Crippen LogP contribution in [0, 0.1) is 5.92 Å². The van der Waals surface area contributed by atoms with Crippen LogP contribution in [0.4, 0.5) is 0 Å². The summed E-state index contributed by atoms with van der Waals surface area (Å²) in [4.78, 5) is 0. The summed E-state index contributed by atoms with van der Waals surface area (Å²) in [6, 6.07) is 0. The average Bonchev–Trinajstić information content (AvgIpc) is 1.98. The van der Waals surface area contributed by atoms with Crippen LogP contribution in [0.2, 0.25) is 0 Å². The predicted octanol–water partition coefficient (Wildman–Crippen LogP) is 1.91. The van der Waals surface area contributed by atoms with Crippen LogP contribution in [-0.4, -0.2) is 13.3 Å². The Kier molecular flexibility index (Phi) is 5.16. The van der Waals surface area contributed by atoms with Crippen molar-refractivity contribution in [1.29, 1.82) is 0 Å². The smallest absolute Gasteiger partial charge is 0.107 e. The molecule has 0 aromatic carbocycles. The molecule has 0 aliphatic carbocycles. The summed E-state index contributed by atoms with van der Waals surface area (Å²) in [5, 5.41) is 0. The lowest BCUT2D eigenvalue weighted by atomic mass is 10.0. The van der Waals surface area contributed by atoms with Crippen molar-refractivity contribution in [3.05, 3.63) is 12.2 Å². The third kappa shape index (κ3) is 4.99. The Morgan fingerprint density at radius 1 is 1.64 bits per heavy atom. The van der Waals surface area contributed by atoms with E-state index in [1.54, 1.807) is 7.11 Å². The van der Waals surface area contributed by atoms with E-state index in [0.29, 0.717) is 5.92 Å². The molecule has 2 nitrogen and oxygen atoms in total. The lowest BCUT2D eigenvalue weighted by molar-refractivity contribution is 0.0608. The van der Waals surface area contributed by atoms with Crippen LogP contribution < -0.4 is 5.73 Å². The largest absolute Gasteiger partial charge is 0.367 e. The quantitative estimate of drug-likeness (QED) is 0.488. The van der Waals surface area contributed by atoms with Crippen molar-refractivity contribution in [2.75, 3.05) is 7.11 Å². The fraction of sp³-hybridized carbons (Fsp3) is 0.778. The molecule has 0 aromatic rings. The summed E-state index contributed by atoms with van der Waals surface area (Å²) in [7, 11) is 1.64. The van der Waals surface area contributed by atoms with Crippen molar-refractivity contribution in [2.45, 2.75) is 32.9 Å². The summed E-state index contributed by atoms with van der Waals surface area (Å²) < 4.78 is 4.99. The summed E-state index contributed by atoms with van der Waals surface area (Å²) in [5.74, 6) is 0.414. The second-order valence-electron chi connectivity index (χ2n) is 3.17. The number of methoxy groups -OCH3 is 1. The van der Waals surface area contributed by atoms with Gasteiger partial charge in [-0.1, -0.05) is 12.5 Å². The van der Waals surface area contributed by atoms with Crippen LogP contribution in [-0.2, 0) is 4.74 Å². The SMILES string of the molecule is C=C(C)CCC(C)C(N)OC. The Labute approximate surface area is 69.4 Å². The standard InChI is InChI=1S/C9H19NO/c1-7(2)5-6-8(3)9(10)11-4/h8-9H,1,5-6,10H2,2-4H3. The molecule has 0 aliphatic rings. The highest BCUT2D eigenvalue weighted by atomic mass is 16.5. The molecule has 2 N–H and O–H groups in total. The first-order valence-corrected chi connectivity index (χ1v) is 4.00. The van der Waals surface area contributed by atoms with Gasteiger partial charge < -0.3 is 10.5 Å². The Morgan fingerprint density at radius 2 is 2.18 bits per heavy atom. The van der Waals surface area contributed by atoms with Gasteiger partial charge in [-0.2, -0.15) is 0 Å². The minimum absolute atomic E-state index is 0.130. The molecule has 2 unspecified atom stereocenters. The van der Waals surface area contributed by atoms with Crippen molar-refractivity contribution in [1.82, 2.24) is 0 Å². The van der Waals surface area contributed by atoms with Gasteiger partial charge in [-0.15, -0.1) is 6.58 Å².